The second-order valence-electron chi connectivity index (χ2n) is 5.35. The molecule has 0 heterocycles. The van der Waals surface area contributed by atoms with Crippen LogP contribution < -0.4 is 5.73 Å². The summed E-state index contributed by atoms with van der Waals surface area (Å²) in [5.41, 5.74) is 6.21. The number of primary amides is 1. The van der Waals surface area contributed by atoms with Crippen molar-refractivity contribution in [3.8, 4) is 0 Å². The number of nitrogens with two attached hydrogens (primary N) is 1. The van der Waals surface area contributed by atoms with Crippen molar-refractivity contribution in [2.24, 2.45) is 11.1 Å². The molecule has 0 saturated heterocycles. The second kappa shape index (κ2) is 5.09. The molecule has 3 heteroatoms. The first kappa shape index (κ1) is 13.1. The van der Waals surface area contributed by atoms with E-state index in [2.05, 4.69) is 0 Å². The van der Waals surface area contributed by atoms with Gasteiger partial charge in [-0.15, -0.1) is 0 Å². The highest BCUT2D eigenvalue weighted by Crippen LogP contribution is 2.46. The summed E-state index contributed by atoms with van der Waals surface area (Å²) in [6, 6.07) is 6.42. The maximum atomic E-state index is 13.0. The number of carbonyl (C=O) groups is 1. The van der Waals surface area contributed by atoms with Crippen molar-refractivity contribution in [3.05, 3.63) is 35.6 Å². The number of carbonyl (C=O) groups excluding carboxylic acids is 1. The van der Waals surface area contributed by atoms with Crippen molar-refractivity contribution in [3.63, 3.8) is 0 Å². The van der Waals surface area contributed by atoms with Crippen molar-refractivity contribution in [1.29, 1.82) is 0 Å². The number of hydrogen-bond acceptors (Lipinski definition) is 1. The molecule has 1 fully saturated rings. The summed E-state index contributed by atoms with van der Waals surface area (Å²) in [6.07, 6.45) is 4.97. The quantitative estimate of drug-likeness (QED) is 0.877. The lowest BCUT2D eigenvalue weighted by atomic mass is 9.64. The van der Waals surface area contributed by atoms with E-state index in [1.165, 1.54) is 18.6 Å². The molecule has 0 bridgehead atoms. The molecule has 0 aliphatic heterocycles. The summed E-state index contributed by atoms with van der Waals surface area (Å²) in [5.74, 6) is -0.405. The molecule has 98 valence electrons. The van der Waals surface area contributed by atoms with Crippen molar-refractivity contribution in [2.75, 3.05) is 0 Å². The van der Waals surface area contributed by atoms with Gasteiger partial charge in [-0.3, -0.25) is 4.79 Å². The van der Waals surface area contributed by atoms with E-state index < -0.39 is 5.41 Å². The van der Waals surface area contributed by atoms with Gasteiger partial charge in [0.25, 0.3) is 0 Å². The molecule has 0 aromatic heterocycles. The van der Waals surface area contributed by atoms with Gasteiger partial charge in [-0.2, -0.15) is 0 Å². The fourth-order valence-electron chi connectivity index (χ4n) is 3.15. The minimum absolute atomic E-state index is 0.0518. The zero-order valence-electron chi connectivity index (χ0n) is 10.8. The minimum Gasteiger partial charge on any atom is -0.369 e. The Morgan fingerprint density at radius 1 is 1.22 bits per heavy atom. The van der Waals surface area contributed by atoms with Crippen LogP contribution in [0.5, 0.6) is 0 Å². The molecule has 1 atom stereocenters. The van der Waals surface area contributed by atoms with Gasteiger partial charge in [-0.1, -0.05) is 38.3 Å². The first-order valence-corrected chi connectivity index (χ1v) is 6.61. The van der Waals surface area contributed by atoms with Crippen LogP contribution in [0, 0.1) is 11.2 Å². The Hall–Kier alpha value is -1.38. The normalized spacial score (nSPS) is 20.3. The zero-order chi connectivity index (χ0) is 13.2. The van der Waals surface area contributed by atoms with Crippen molar-refractivity contribution < 1.29 is 9.18 Å². The van der Waals surface area contributed by atoms with Gasteiger partial charge in [0.2, 0.25) is 5.91 Å². The van der Waals surface area contributed by atoms with Crippen molar-refractivity contribution >= 4 is 5.91 Å². The molecular weight excluding hydrogens is 229 g/mol. The molecule has 2 nitrogen and oxygen atoms in total. The Bertz CT molecular complexity index is 421. The van der Waals surface area contributed by atoms with Crippen molar-refractivity contribution in [1.82, 2.24) is 0 Å². The van der Waals surface area contributed by atoms with Crippen LogP contribution in [0.25, 0.3) is 0 Å². The lowest BCUT2D eigenvalue weighted by molar-refractivity contribution is -0.130. The predicted octanol–water partition coefficient (Wildman–Crippen LogP) is 3.37. The van der Waals surface area contributed by atoms with Gasteiger partial charge in [0.05, 0.1) is 5.41 Å². The predicted molar refractivity (Wildman–Crippen MR) is 69.5 cm³/mol. The summed E-state index contributed by atoms with van der Waals surface area (Å²) < 4.78 is 13.0. The molecule has 1 aromatic carbocycles. The monoisotopic (exact) mass is 249 g/mol. The SMILES string of the molecule is C[C@@H](c1ccc(F)cc1)C1(C(N)=O)CCCCC1. The third-order valence-electron chi connectivity index (χ3n) is 4.44. The molecule has 1 amide bonds. The van der Waals surface area contributed by atoms with Crippen LogP contribution in [0.2, 0.25) is 0 Å². The van der Waals surface area contributed by atoms with Gasteiger partial charge in [0, 0.05) is 0 Å². The van der Waals surface area contributed by atoms with Crippen LogP contribution in [0.1, 0.15) is 50.5 Å². The van der Waals surface area contributed by atoms with Gasteiger partial charge in [-0.05, 0) is 36.5 Å². The number of benzene rings is 1. The minimum atomic E-state index is -0.448. The highest BCUT2D eigenvalue weighted by Gasteiger charge is 2.43. The summed E-state index contributed by atoms with van der Waals surface area (Å²) >= 11 is 0. The highest BCUT2D eigenvalue weighted by molar-refractivity contribution is 5.82. The van der Waals surface area contributed by atoms with Gasteiger partial charge in [0.15, 0.2) is 0 Å². The van der Waals surface area contributed by atoms with E-state index in [0.717, 1.165) is 31.2 Å². The number of halogens is 1. The maximum absolute atomic E-state index is 13.0. The fraction of sp³-hybridized carbons (Fsp3) is 0.533. The Labute approximate surface area is 107 Å². The van der Waals surface area contributed by atoms with Crippen LogP contribution in [0.15, 0.2) is 24.3 Å². The topological polar surface area (TPSA) is 43.1 Å². The van der Waals surface area contributed by atoms with Gasteiger partial charge >= 0.3 is 0 Å². The van der Waals surface area contributed by atoms with Crippen LogP contribution >= 0.6 is 0 Å². The lowest BCUT2D eigenvalue weighted by Crippen LogP contribution is -2.42. The van der Waals surface area contributed by atoms with Crippen molar-refractivity contribution in [2.45, 2.75) is 44.9 Å². The molecule has 1 aromatic rings. The fourth-order valence-corrected chi connectivity index (χ4v) is 3.15. The van der Waals surface area contributed by atoms with Gasteiger partial charge in [0.1, 0.15) is 5.82 Å². The molecule has 1 aliphatic rings. The van der Waals surface area contributed by atoms with Gasteiger partial charge in [-0.25, -0.2) is 4.39 Å². The van der Waals surface area contributed by atoms with E-state index in [1.807, 2.05) is 6.92 Å². The standard InChI is InChI=1S/C15H20FNO/c1-11(12-5-7-13(16)8-6-12)15(14(17)18)9-3-2-4-10-15/h5-8,11H,2-4,9-10H2,1H3,(H2,17,18)/t11-/m0/s1. The maximum Gasteiger partial charge on any atom is 0.224 e. The molecule has 0 unspecified atom stereocenters. The summed E-state index contributed by atoms with van der Waals surface area (Å²) in [4.78, 5) is 11.9. The Morgan fingerprint density at radius 3 is 2.28 bits per heavy atom. The second-order valence-corrected chi connectivity index (χ2v) is 5.35. The molecule has 1 aliphatic carbocycles. The van der Waals surface area contributed by atoms with Crippen LogP contribution in [-0.2, 0) is 4.79 Å². The molecule has 0 radical (unpaired) electrons. The summed E-state index contributed by atoms with van der Waals surface area (Å²) in [7, 11) is 0. The molecule has 2 N–H and O–H groups in total. The van der Waals surface area contributed by atoms with Crippen LogP contribution in [0.4, 0.5) is 4.39 Å². The Balaban J connectivity index is 2.30. The molecule has 1 saturated carbocycles. The lowest BCUT2D eigenvalue weighted by Gasteiger charge is -2.39. The Kier molecular flexibility index (Phi) is 3.69. The molecular formula is C15H20FNO. The van der Waals surface area contributed by atoms with E-state index in [9.17, 15) is 9.18 Å². The third-order valence-corrected chi connectivity index (χ3v) is 4.44. The average molecular weight is 249 g/mol. The number of hydrogen-bond donors (Lipinski definition) is 1. The highest BCUT2D eigenvalue weighted by atomic mass is 19.1. The largest absolute Gasteiger partial charge is 0.369 e. The Morgan fingerprint density at radius 2 is 1.78 bits per heavy atom. The van der Waals surface area contributed by atoms with E-state index in [1.54, 1.807) is 12.1 Å². The third kappa shape index (κ3) is 2.26. The molecule has 0 spiro atoms. The first-order chi connectivity index (χ1) is 8.56. The zero-order valence-corrected chi connectivity index (χ0v) is 10.8. The first-order valence-electron chi connectivity index (χ1n) is 6.61. The van der Waals surface area contributed by atoms with E-state index in [0.29, 0.717) is 0 Å². The van der Waals surface area contributed by atoms with E-state index >= 15 is 0 Å². The van der Waals surface area contributed by atoms with E-state index in [-0.39, 0.29) is 17.6 Å². The number of rotatable bonds is 3. The molecule has 18 heavy (non-hydrogen) atoms. The summed E-state index contributed by atoms with van der Waals surface area (Å²) in [5, 5.41) is 0. The smallest absolute Gasteiger partial charge is 0.224 e. The average Bonchev–Trinajstić information content (AvgIpc) is 2.39. The summed E-state index contributed by atoms with van der Waals surface area (Å²) in [6.45, 7) is 2.03. The van der Waals surface area contributed by atoms with E-state index in [4.69, 9.17) is 5.73 Å². The molecule has 2 rings (SSSR count). The van der Waals surface area contributed by atoms with Crippen LogP contribution in [-0.4, -0.2) is 5.91 Å². The van der Waals surface area contributed by atoms with Crippen LogP contribution in [0.3, 0.4) is 0 Å². The van der Waals surface area contributed by atoms with Gasteiger partial charge < -0.3 is 5.73 Å². The number of amides is 1.